The van der Waals surface area contributed by atoms with Crippen LogP contribution in [-0.2, 0) is 11.2 Å². The van der Waals surface area contributed by atoms with Gasteiger partial charge in [0.15, 0.2) is 0 Å². The van der Waals surface area contributed by atoms with Gasteiger partial charge in [-0.1, -0.05) is 25.5 Å². The molecule has 4 nitrogen and oxygen atoms in total. The number of hydrogen-bond donors (Lipinski definition) is 2. The Morgan fingerprint density at radius 1 is 1.35 bits per heavy atom. The zero-order valence-corrected chi connectivity index (χ0v) is 12.1. The molecule has 0 spiro atoms. The van der Waals surface area contributed by atoms with Gasteiger partial charge in [0, 0.05) is 13.1 Å². The Kier molecular flexibility index (Phi) is 5.01. The van der Waals surface area contributed by atoms with E-state index < -0.39 is 6.04 Å². The third-order valence-corrected chi connectivity index (χ3v) is 4.21. The average molecular weight is 276 g/mol. The molecular formula is C16H24N2O2. The van der Waals surface area contributed by atoms with Crippen LogP contribution in [0.1, 0.15) is 31.7 Å². The lowest BCUT2D eigenvalue weighted by Crippen LogP contribution is -2.48. The van der Waals surface area contributed by atoms with Crippen LogP contribution >= 0.6 is 0 Å². The van der Waals surface area contributed by atoms with Gasteiger partial charge in [0.1, 0.15) is 5.75 Å². The number of carbonyl (C=O) groups excluding carboxylic acids is 1. The number of piperidine rings is 1. The molecule has 1 unspecified atom stereocenters. The Morgan fingerprint density at radius 2 is 1.95 bits per heavy atom. The van der Waals surface area contributed by atoms with Gasteiger partial charge < -0.3 is 15.7 Å². The first-order valence-electron chi connectivity index (χ1n) is 7.42. The summed E-state index contributed by atoms with van der Waals surface area (Å²) in [6, 6.07) is 6.38. The molecule has 1 heterocycles. The van der Waals surface area contributed by atoms with Gasteiger partial charge in [-0.3, -0.25) is 4.79 Å². The average Bonchev–Trinajstić information content (AvgIpc) is 2.49. The van der Waals surface area contributed by atoms with Crippen molar-refractivity contribution in [2.75, 3.05) is 13.1 Å². The molecule has 1 aromatic rings. The lowest BCUT2D eigenvalue weighted by atomic mass is 9.94. The van der Waals surface area contributed by atoms with Gasteiger partial charge in [0.25, 0.3) is 0 Å². The first-order chi connectivity index (χ1) is 9.60. The molecule has 1 aliphatic rings. The summed E-state index contributed by atoms with van der Waals surface area (Å²) >= 11 is 0. The number of carbonyl (C=O) groups is 1. The number of benzene rings is 1. The van der Waals surface area contributed by atoms with Crippen LogP contribution in [0.3, 0.4) is 0 Å². The predicted octanol–water partition coefficient (Wildman–Crippen LogP) is 1.91. The number of aromatic hydroxyl groups is 1. The fraction of sp³-hybridized carbons (Fsp3) is 0.562. The van der Waals surface area contributed by atoms with Crippen molar-refractivity contribution in [3.8, 4) is 5.75 Å². The summed E-state index contributed by atoms with van der Waals surface area (Å²) in [5.41, 5.74) is 7.01. The molecule has 0 aromatic heterocycles. The molecule has 1 aliphatic heterocycles. The number of rotatable bonds is 4. The third kappa shape index (κ3) is 3.73. The summed E-state index contributed by atoms with van der Waals surface area (Å²) in [6.07, 6.45) is 3.90. The number of nitrogens with two attached hydrogens (primary N) is 1. The van der Waals surface area contributed by atoms with Gasteiger partial charge in [-0.25, -0.2) is 0 Å². The maximum atomic E-state index is 12.3. The minimum absolute atomic E-state index is 0.0487. The summed E-state index contributed by atoms with van der Waals surface area (Å²) in [6.45, 7) is 3.87. The van der Waals surface area contributed by atoms with Crippen LogP contribution < -0.4 is 5.73 Å². The van der Waals surface area contributed by atoms with E-state index >= 15 is 0 Å². The molecule has 0 radical (unpaired) electrons. The Morgan fingerprint density at radius 3 is 2.50 bits per heavy atom. The molecule has 1 saturated heterocycles. The van der Waals surface area contributed by atoms with E-state index in [0.717, 1.165) is 37.4 Å². The van der Waals surface area contributed by atoms with Gasteiger partial charge in [-0.2, -0.15) is 0 Å². The van der Waals surface area contributed by atoms with Crippen molar-refractivity contribution >= 4 is 5.91 Å². The Balaban J connectivity index is 1.87. The van der Waals surface area contributed by atoms with Crippen molar-refractivity contribution in [2.45, 2.75) is 38.6 Å². The van der Waals surface area contributed by atoms with Crippen LogP contribution in [0.5, 0.6) is 5.75 Å². The summed E-state index contributed by atoms with van der Waals surface area (Å²) in [5.74, 6) is 1.04. The number of phenolic OH excluding ortho intramolecular Hbond substituents is 1. The van der Waals surface area contributed by atoms with Crippen LogP contribution in [0.15, 0.2) is 24.3 Å². The van der Waals surface area contributed by atoms with Gasteiger partial charge in [0.2, 0.25) is 5.91 Å². The second-order valence-corrected chi connectivity index (χ2v) is 5.65. The number of nitrogens with zero attached hydrogens (tertiary/aromatic N) is 1. The van der Waals surface area contributed by atoms with E-state index in [1.165, 1.54) is 6.42 Å². The summed E-state index contributed by atoms with van der Waals surface area (Å²) in [4.78, 5) is 14.2. The molecule has 110 valence electrons. The largest absolute Gasteiger partial charge is 0.508 e. The summed E-state index contributed by atoms with van der Waals surface area (Å²) in [7, 11) is 0. The van der Waals surface area contributed by atoms with Gasteiger partial charge in [-0.05, 0) is 42.9 Å². The van der Waals surface area contributed by atoms with Crippen LogP contribution in [0.2, 0.25) is 0 Å². The van der Waals surface area contributed by atoms with Gasteiger partial charge >= 0.3 is 0 Å². The van der Waals surface area contributed by atoms with Crippen LogP contribution in [0.25, 0.3) is 0 Å². The van der Waals surface area contributed by atoms with E-state index in [2.05, 4.69) is 6.92 Å². The lowest BCUT2D eigenvalue weighted by Gasteiger charge is -2.33. The molecule has 3 N–H and O–H groups in total. The molecular weight excluding hydrogens is 252 g/mol. The Labute approximate surface area is 120 Å². The molecule has 0 saturated carbocycles. The SMILES string of the molecule is CCC1CCN(C(=O)C(N)Cc2ccc(O)cc2)CC1. The van der Waals surface area contributed by atoms with Crippen LogP contribution in [0, 0.1) is 5.92 Å². The molecule has 1 fully saturated rings. The smallest absolute Gasteiger partial charge is 0.239 e. The Hall–Kier alpha value is -1.55. The third-order valence-electron chi connectivity index (χ3n) is 4.21. The quantitative estimate of drug-likeness (QED) is 0.883. The van der Waals surface area contributed by atoms with Crippen LogP contribution in [-0.4, -0.2) is 35.0 Å². The highest BCUT2D eigenvalue weighted by atomic mass is 16.3. The molecule has 0 aliphatic carbocycles. The summed E-state index contributed by atoms with van der Waals surface area (Å²) < 4.78 is 0. The predicted molar refractivity (Wildman–Crippen MR) is 79.4 cm³/mol. The highest BCUT2D eigenvalue weighted by Gasteiger charge is 2.25. The Bertz CT molecular complexity index is 436. The maximum absolute atomic E-state index is 12.3. The summed E-state index contributed by atoms with van der Waals surface area (Å²) in [5, 5.41) is 9.25. The van der Waals surface area contributed by atoms with E-state index in [-0.39, 0.29) is 11.7 Å². The lowest BCUT2D eigenvalue weighted by molar-refractivity contribution is -0.134. The topological polar surface area (TPSA) is 66.6 Å². The van der Waals surface area contributed by atoms with E-state index in [1.54, 1.807) is 12.1 Å². The van der Waals surface area contributed by atoms with E-state index in [1.807, 2.05) is 17.0 Å². The number of phenols is 1. The zero-order valence-electron chi connectivity index (χ0n) is 12.1. The first-order valence-corrected chi connectivity index (χ1v) is 7.42. The van der Waals surface area contributed by atoms with Crippen molar-refractivity contribution in [1.29, 1.82) is 0 Å². The molecule has 1 atom stereocenters. The van der Waals surface area contributed by atoms with Crippen molar-refractivity contribution < 1.29 is 9.90 Å². The molecule has 20 heavy (non-hydrogen) atoms. The highest BCUT2D eigenvalue weighted by Crippen LogP contribution is 2.20. The fourth-order valence-electron chi connectivity index (χ4n) is 2.77. The standard InChI is InChI=1S/C16H24N2O2/c1-2-12-7-9-18(10-8-12)16(20)15(17)11-13-3-5-14(19)6-4-13/h3-6,12,15,19H,2,7-11,17H2,1H3. The monoisotopic (exact) mass is 276 g/mol. The maximum Gasteiger partial charge on any atom is 0.239 e. The minimum Gasteiger partial charge on any atom is -0.508 e. The molecule has 1 aromatic carbocycles. The molecule has 4 heteroatoms. The second kappa shape index (κ2) is 6.75. The van der Waals surface area contributed by atoms with Gasteiger partial charge in [0.05, 0.1) is 6.04 Å². The van der Waals surface area contributed by atoms with E-state index in [4.69, 9.17) is 5.73 Å². The van der Waals surface area contributed by atoms with Gasteiger partial charge in [-0.15, -0.1) is 0 Å². The zero-order chi connectivity index (χ0) is 14.5. The van der Waals surface area contributed by atoms with Crippen molar-refractivity contribution in [1.82, 2.24) is 4.90 Å². The molecule has 2 rings (SSSR count). The molecule has 1 amide bonds. The number of amides is 1. The number of likely N-dealkylation sites (tertiary alicyclic amines) is 1. The normalized spacial score (nSPS) is 18.0. The molecule has 0 bridgehead atoms. The van der Waals surface area contributed by atoms with Crippen molar-refractivity contribution in [3.05, 3.63) is 29.8 Å². The fourth-order valence-corrected chi connectivity index (χ4v) is 2.77. The van der Waals surface area contributed by atoms with Crippen molar-refractivity contribution in [3.63, 3.8) is 0 Å². The van der Waals surface area contributed by atoms with Crippen molar-refractivity contribution in [2.24, 2.45) is 11.7 Å². The second-order valence-electron chi connectivity index (χ2n) is 5.65. The van der Waals surface area contributed by atoms with E-state index in [9.17, 15) is 9.90 Å². The van der Waals surface area contributed by atoms with E-state index in [0.29, 0.717) is 6.42 Å². The number of hydrogen-bond acceptors (Lipinski definition) is 3. The first kappa shape index (κ1) is 14.9. The highest BCUT2D eigenvalue weighted by molar-refractivity contribution is 5.82. The minimum atomic E-state index is -0.488. The van der Waals surface area contributed by atoms with Crippen LogP contribution in [0.4, 0.5) is 0 Å².